The van der Waals surface area contributed by atoms with E-state index >= 15 is 0 Å². The molecule has 0 rings (SSSR count). The number of aliphatic hydroxyl groups excluding tert-OH is 2. The lowest BCUT2D eigenvalue weighted by Gasteiger charge is -2.22. The number of carbonyl (C=O) groups excluding carboxylic acids is 1. The SMILES string of the molecule is CCCCCC/C=C\C/C=C\CCCCCCCCCC(=O)NC(CO)C(O)CCCCCCCCCCCCCCCCCCCCCCC. The number of allylic oxidation sites excluding steroid dienone is 4. The fourth-order valence-corrected chi connectivity index (χ4v) is 7.16. The van der Waals surface area contributed by atoms with E-state index in [-0.39, 0.29) is 12.5 Å². The van der Waals surface area contributed by atoms with E-state index in [2.05, 4.69) is 43.5 Å². The summed E-state index contributed by atoms with van der Waals surface area (Å²) < 4.78 is 0. The summed E-state index contributed by atoms with van der Waals surface area (Å²) in [6.07, 6.45) is 55.4. The smallest absolute Gasteiger partial charge is 0.220 e. The average Bonchev–Trinajstić information content (AvgIpc) is 3.13. The molecule has 3 N–H and O–H groups in total. The zero-order valence-corrected chi connectivity index (χ0v) is 34.6. The number of hydrogen-bond donors (Lipinski definition) is 3. The summed E-state index contributed by atoms with van der Waals surface area (Å²) in [7, 11) is 0. The van der Waals surface area contributed by atoms with Gasteiger partial charge >= 0.3 is 0 Å². The van der Waals surface area contributed by atoms with Gasteiger partial charge in [-0.15, -0.1) is 0 Å². The Morgan fingerprint density at radius 3 is 1.20 bits per heavy atom. The fourth-order valence-electron chi connectivity index (χ4n) is 7.16. The Balaban J connectivity index is 3.50. The molecule has 2 unspecified atom stereocenters. The molecule has 0 aliphatic heterocycles. The molecule has 0 radical (unpaired) electrons. The molecule has 4 nitrogen and oxygen atoms in total. The largest absolute Gasteiger partial charge is 0.394 e. The van der Waals surface area contributed by atoms with Gasteiger partial charge in [0.15, 0.2) is 0 Å². The van der Waals surface area contributed by atoms with Gasteiger partial charge in [0.25, 0.3) is 0 Å². The topological polar surface area (TPSA) is 69.6 Å². The molecule has 0 aliphatic rings. The van der Waals surface area contributed by atoms with E-state index < -0.39 is 12.1 Å². The molecule has 0 fully saturated rings. The summed E-state index contributed by atoms with van der Waals surface area (Å²) in [5.41, 5.74) is 0. The van der Waals surface area contributed by atoms with E-state index in [1.807, 2.05) is 0 Å². The molecule has 302 valence electrons. The molecule has 0 bridgehead atoms. The lowest BCUT2D eigenvalue weighted by atomic mass is 10.0. The molecule has 0 spiro atoms. The van der Waals surface area contributed by atoms with Gasteiger partial charge in [-0.3, -0.25) is 4.79 Å². The first-order valence-electron chi connectivity index (χ1n) is 23.0. The van der Waals surface area contributed by atoms with Crippen LogP contribution in [0.25, 0.3) is 0 Å². The van der Waals surface area contributed by atoms with Gasteiger partial charge in [-0.1, -0.05) is 224 Å². The predicted molar refractivity (Wildman–Crippen MR) is 225 cm³/mol. The summed E-state index contributed by atoms with van der Waals surface area (Å²) in [6.45, 7) is 4.35. The third-order valence-electron chi connectivity index (χ3n) is 10.7. The van der Waals surface area contributed by atoms with Crippen LogP contribution >= 0.6 is 0 Å². The Kier molecular flexibility index (Phi) is 42.3. The molecular formula is C47H91NO3. The van der Waals surface area contributed by atoms with E-state index in [1.54, 1.807) is 0 Å². The monoisotopic (exact) mass is 718 g/mol. The van der Waals surface area contributed by atoms with Gasteiger partial charge < -0.3 is 15.5 Å². The van der Waals surface area contributed by atoms with Gasteiger partial charge in [0.05, 0.1) is 18.8 Å². The molecule has 0 aromatic heterocycles. The Morgan fingerprint density at radius 1 is 0.471 bits per heavy atom. The van der Waals surface area contributed by atoms with Gasteiger partial charge in [-0.2, -0.15) is 0 Å². The third-order valence-corrected chi connectivity index (χ3v) is 10.7. The second kappa shape index (κ2) is 43.3. The number of carbonyl (C=O) groups is 1. The normalized spacial score (nSPS) is 13.1. The average molecular weight is 718 g/mol. The summed E-state index contributed by atoms with van der Waals surface area (Å²) >= 11 is 0. The highest BCUT2D eigenvalue weighted by Gasteiger charge is 2.20. The zero-order valence-electron chi connectivity index (χ0n) is 34.6. The first kappa shape index (κ1) is 49.9. The summed E-state index contributed by atoms with van der Waals surface area (Å²) in [5.74, 6) is -0.0370. The molecule has 4 heteroatoms. The quantitative estimate of drug-likeness (QED) is 0.0435. The molecule has 0 saturated carbocycles. The van der Waals surface area contributed by atoms with Crippen LogP contribution in [0.2, 0.25) is 0 Å². The lowest BCUT2D eigenvalue weighted by molar-refractivity contribution is -0.123. The Hall–Kier alpha value is -1.13. The Morgan fingerprint density at radius 2 is 0.804 bits per heavy atom. The lowest BCUT2D eigenvalue weighted by Crippen LogP contribution is -2.45. The van der Waals surface area contributed by atoms with Crippen molar-refractivity contribution in [2.24, 2.45) is 0 Å². The van der Waals surface area contributed by atoms with Crippen LogP contribution in [0.15, 0.2) is 24.3 Å². The molecule has 0 aromatic carbocycles. The molecule has 1 amide bonds. The van der Waals surface area contributed by atoms with Crippen LogP contribution in [0, 0.1) is 0 Å². The van der Waals surface area contributed by atoms with Crippen LogP contribution in [0.1, 0.15) is 251 Å². The summed E-state index contributed by atoms with van der Waals surface area (Å²) in [6, 6.07) is -0.539. The van der Waals surface area contributed by atoms with E-state index in [9.17, 15) is 15.0 Å². The molecule has 51 heavy (non-hydrogen) atoms. The first-order valence-corrected chi connectivity index (χ1v) is 23.0. The van der Waals surface area contributed by atoms with Crippen molar-refractivity contribution in [1.82, 2.24) is 5.32 Å². The van der Waals surface area contributed by atoms with Crippen molar-refractivity contribution in [3.05, 3.63) is 24.3 Å². The number of aliphatic hydroxyl groups is 2. The van der Waals surface area contributed by atoms with Crippen molar-refractivity contribution < 1.29 is 15.0 Å². The highest BCUT2D eigenvalue weighted by molar-refractivity contribution is 5.76. The second-order valence-electron chi connectivity index (χ2n) is 15.8. The van der Waals surface area contributed by atoms with Crippen molar-refractivity contribution >= 4 is 5.91 Å². The van der Waals surface area contributed by atoms with Crippen molar-refractivity contribution in [3.63, 3.8) is 0 Å². The van der Waals surface area contributed by atoms with Crippen LogP contribution in [0.3, 0.4) is 0 Å². The van der Waals surface area contributed by atoms with E-state index in [4.69, 9.17) is 0 Å². The van der Waals surface area contributed by atoms with Gasteiger partial charge in [0, 0.05) is 6.42 Å². The van der Waals surface area contributed by atoms with E-state index in [1.165, 1.54) is 193 Å². The minimum absolute atomic E-state index is 0.0370. The molecule has 0 saturated heterocycles. The number of nitrogens with one attached hydrogen (secondary N) is 1. The standard InChI is InChI=1S/C47H91NO3/c1-3-5-7-9-11-13-15-17-19-21-23-24-25-26-28-30-32-34-36-38-40-42-46(50)45(44-49)48-47(51)43-41-39-37-35-33-31-29-27-22-20-18-16-14-12-10-8-6-4-2/h14,16,20,22,45-46,49-50H,3-13,15,17-19,21,23-44H2,1-2H3,(H,48,51)/b16-14-,22-20-. The van der Waals surface area contributed by atoms with E-state index in [0.717, 1.165) is 32.1 Å². The van der Waals surface area contributed by atoms with Gasteiger partial charge in [0.1, 0.15) is 0 Å². The number of hydrogen-bond acceptors (Lipinski definition) is 3. The number of rotatable bonds is 42. The minimum Gasteiger partial charge on any atom is -0.394 e. The van der Waals surface area contributed by atoms with Gasteiger partial charge in [0.2, 0.25) is 5.91 Å². The van der Waals surface area contributed by atoms with E-state index in [0.29, 0.717) is 12.8 Å². The Bertz CT molecular complexity index is 735. The minimum atomic E-state index is -0.661. The molecule has 0 aliphatic carbocycles. The van der Waals surface area contributed by atoms with Crippen molar-refractivity contribution in [3.8, 4) is 0 Å². The van der Waals surface area contributed by atoms with Gasteiger partial charge in [-0.25, -0.2) is 0 Å². The van der Waals surface area contributed by atoms with Crippen LogP contribution in [0.4, 0.5) is 0 Å². The molecular weight excluding hydrogens is 627 g/mol. The number of amides is 1. The third kappa shape index (κ3) is 39.9. The summed E-state index contributed by atoms with van der Waals surface area (Å²) in [4.78, 5) is 12.4. The molecule has 0 aromatic rings. The maximum Gasteiger partial charge on any atom is 0.220 e. The Labute approximate surface area is 319 Å². The van der Waals surface area contributed by atoms with Crippen molar-refractivity contribution in [1.29, 1.82) is 0 Å². The van der Waals surface area contributed by atoms with Crippen LogP contribution in [0.5, 0.6) is 0 Å². The van der Waals surface area contributed by atoms with Crippen LogP contribution in [-0.4, -0.2) is 34.9 Å². The van der Waals surface area contributed by atoms with Crippen LogP contribution in [-0.2, 0) is 4.79 Å². The van der Waals surface area contributed by atoms with Crippen molar-refractivity contribution in [2.75, 3.05) is 6.61 Å². The molecule has 2 atom stereocenters. The highest BCUT2D eigenvalue weighted by Crippen LogP contribution is 2.16. The van der Waals surface area contributed by atoms with Crippen molar-refractivity contribution in [2.45, 2.75) is 264 Å². The van der Waals surface area contributed by atoms with Gasteiger partial charge in [-0.05, 0) is 44.9 Å². The predicted octanol–water partition coefficient (Wildman–Crippen LogP) is 14.4. The summed E-state index contributed by atoms with van der Waals surface area (Å²) in [5, 5.41) is 23.2. The van der Waals surface area contributed by atoms with Crippen LogP contribution < -0.4 is 5.32 Å². The maximum atomic E-state index is 12.4. The fraction of sp³-hybridized carbons (Fsp3) is 0.894. The first-order chi connectivity index (χ1) is 25.2. The second-order valence-corrected chi connectivity index (χ2v) is 15.8. The highest BCUT2D eigenvalue weighted by atomic mass is 16.3. The maximum absolute atomic E-state index is 12.4. The molecule has 0 heterocycles. The number of unbranched alkanes of at least 4 members (excludes halogenated alkanes) is 31. The zero-order chi connectivity index (χ0) is 37.1.